The van der Waals surface area contributed by atoms with Crippen LogP contribution in [0.4, 0.5) is 0 Å². The summed E-state index contributed by atoms with van der Waals surface area (Å²) in [6, 6.07) is 18.3. The maximum absolute atomic E-state index is 9.31. The van der Waals surface area contributed by atoms with Crippen LogP contribution in [0, 0.1) is 18.3 Å². The Morgan fingerprint density at radius 1 is 1.11 bits per heavy atom. The maximum atomic E-state index is 9.31. The molecule has 0 aliphatic rings. The molecular formula is C16H11BrN2. The van der Waals surface area contributed by atoms with Gasteiger partial charge < -0.3 is 4.57 Å². The monoisotopic (exact) mass is 310 g/mol. The molecule has 0 unspecified atom stereocenters. The molecule has 0 spiro atoms. The molecule has 0 saturated carbocycles. The molecule has 0 fully saturated rings. The molecular weight excluding hydrogens is 300 g/mol. The lowest BCUT2D eigenvalue weighted by molar-refractivity contribution is 1.07. The zero-order chi connectivity index (χ0) is 13.4. The Bertz CT molecular complexity index is 809. The van der Waals surface area contributed by atoms with Gasteiger partial charge in [-0.2, -0.15) is 5.26 Å². The van der Waals surface area contributed by atoms with Crippen molar-refractivity contribution in [2.24, 2.45) is 0 Å². The molecule has 2 aromatic carbocycles. The third-order valence-electron chi connectivity index (χ3n) is 3.26. The molecule has 0 aliphatic carbocycles. The lowest BCUT2D eigenvalue weighted by Gasteiger charge is -2.11. The second-order valence-corrected chi connectivity index (χ2v) is 5.26. The quantitative estimate of drug-likeness (QED) is 0.647. The number of nitrogens with zero attached hydrogens (tertiary/aromatic N) is 2. The molecule has 1 aromatic heterocycles. The zero-order valence-corrected chi connectivity index (χ0v) is 12.0. The van der Waals surface area contributed by atoms with Gasteiger partial charge in [0.1, 0.15) is 6.07 Å². The number of benzene rings is 2. The Balaban J connectivity index is 2.45. The molecule has 2 nitrogen and oxygen atoms in total. The van der Waals surface area contributed by atoms with E-state index in [0.29, 0.717) is 5.56 Å². The molecule has 0 bridgehead atoms. The second-order valence-electron chi connectivity index (χ2n) is 4.44. The SMILES string of the molecule is Cc1ccccc1-n1c(Br)cc2cccc(C#N)c21. The van der Waals surface area contributed by atoms with Gasteiger partial charge in [0, 0.05) is 11.1 Å². The Hall–Kier alpha value is -2.05. The molecule has 0 saturated heterocycles. The van der Waals surface area contributed by atoms with Crippen molar-refractivity contribution in [3.05, 3.63) is 64.3 Å². The van der Waals surface area contributed by atoms with Crippen LogP contribution < -0.4 is 0 Å². The van der Waals surface area contributed by atoms with Crippen LogP contribution >= 0.6 is 15.9 Å². The van der Waals surface area contributed by atoms with Crippen molar-refractivity contribution < 1.29 is 0 Å². The van der Waals surface area contributed by atoms with Crippen molar-refractivity contribution in [2.45, 2.75) is 6.92 Å². The maximum Gasteiger partial charge on any atom is 0.101 e. The average molecular weight is 311 g/mol. The highest BCUT2D eigenvalue weighted by molar-refractivity contribution is 9.10. The second kappa shape index (κ2) is 4.56. The number of para-hydroxylation sites is 2. The number of hydrogen-bond acceptors (Lipinski definition) is 1. The summed E-state index contributed by atoms with van der Waals surface area (Å²) < 4.78 is 3.04. The minimum absolute atomic E-state index is 0.687. The van der Waals surface area contributed by atoms with E-state index in [-0.39, 0.29) is 0 Å². The van der Waals surface area contributed by atoms with E-state index in [1.807, 2.05) is 36.4 Å². The summed E-state index contributed by atoms with van der Waals surface area (Å²) >= 11 is 3.60. The van der Waals surface area contributed by atoms with Gasteiger partial charge in [-0.1, -0.05) is 30.3 Å². The molecule has 3 rings (SSSR count). The van der Waals surface area contributed by atoms with Crippen LogP contribution in [0.5, 0.6) is 0 Å². The number of aryl methyl sites for hydroxylation is 1. The highest BCUT2D eigenvalue weighted by Crippen LogP contribution is 2.31. The summed E-state index contributed by atoms with van der Waals surface area (Å²) in [5, 5.41) is 10.4. The molecule has 1 heterocycles. The summed E-state index contributed by atoms with van der Waals surface area (Å²) in [4.78, 5) is 0. The predicted molar refractivity (Wildman–Crippen MR) is 80.4 cm³/mol. The van der Waals surface area contributed by atoms with Gasteiger partial charge in [-0.15, -0.1) is 0 Å². The van der Waals surface area contributed by atoms with E-state index >= 15 is 0 Å². The van der Waals surface area contributed by atoms with Crippen molar-refractivity contribution >= 4 is 26.8 Å². The third-order valence-corrected chi connectivity index (χ3v) is 3.84. The number of fused-ring (bicyclic) bond motifs is 1. The van der Waals surface area contributed by atoms with Gasteiger partial charge in [-0.3, -0.25) is 0 Å². The van der Waals surface area contributed by atoms with E-state index in [1.54, 1.807) is 0 Å². The number of rotatable bonds is 1. The van der Waals surface area contributed by atoms with Crippen molar-refractivity contribution in [2.75, 3.05) is 0 Å². The van der Waals surface area contributed by atoms with E-state index in [2.05, 4.69) is 45.6 Å². The van der Waals surface area contributed by atoms with Gasteiger partial charge in [-0.25, -0.2) is 0 Å². The Morgan fingerprint density at radius 2 is 1.89 bits per heavy atom. The van der Waals surface area contributed by atoms with Crippen LogP contribution in [0.25, 0.3) is 16.6 Å². The summed E-state index contributed by atoms with van der Waals surface area (Å²) in [6.45, 7) is 2.07. The molecule has 0 radical (unpaired) electrons. The van der Waals surface area contributed by atoms with Crippen LogP contribution in [0.3, 0.4) is 0 Å². The Kier molecular flexibility index (Phi) is 2.88. The topological polar surface area (TPSA) is 28.7 Å². The first-order valence-corrected chi connectivity index (χ1v) is 6.78. The van der Waals surface area contributed by atoms with E-state index < -0.39 is 0 Å². The summed E-state index contributed by atoms with van der Waals surface area (Å²) in [6.07, 6.45) is 0. The predicted octanol–water partition coefficient (Wildman–Crippen LogP) is 4.57. The van der Waals surface area contributed by atoms with Crippen LogP contribution in [-0.4, -0.2) is 4.57 Å². The van der Waals surface area contributed by atoms with Crippen LogP contribution in [0.1, 0.15) is 11.1 Å². The van der Waals surface area contributed by atoms with Crippen LogP contribution in [-0.2, 0) is 0 Å². The normalized spacial score (nSPS) is 10.6. The fourth-order valence-electron chi connectivity index (χ4n) is 2.37. The number of hydrogen-bond donors (Lipinski definition) is 0. The molecule has 3 aromatic rings. The van der Waals surface area contributed by atoms with Gasteiger partial charge in [0.25, 0.3) is 0 Å². The minimum Gasteiger partial charge on any atom is -0.302 e. The van der Waals surface area contributed by atoms with Crippen LogP contribution in [0.15, 0.2) is 53.1 Å². The standard InChI is InChI=1S/C16H11BrN2/c1-11-5-2-3-8-14(11)19-15(17)9-12-6-4-7-13(10-18)16(12)19/h2-9H,1H3. The number of nitriles is 1. The molecule has 0 amide bonds. The van der Waals surface area contributed by atoms with Gasteiger partial charge in [0.15, 0.2) is 0 Å². The summed E-state index contributed by atoms with van der Waals surface area (Å²) in [5.74, 6) is 0. The highest BCUT2D eigenvalue weighted by Gasteiger charge is 2.13. The highest BCUT2D eigenvalue weighted by atomic mass is 79.9. The zero-order valence-electron chi connectivity index (χ0n) is 10.4. The van der Waals surface area contributed by atoms with Crippen molar-refractivity contribution in [1.82, 2.24) is 4.57 Å². The average Bonchev–Trinajstić information content (AvgIpc) is 2.75. The molecule has 3 heteroatoms. The van der Waals surface area contributed by atoms with Gasteiger partial charge in [0.2, 0.25) is 0 Å². The molecule has 0 N–H and O–H groups in total. The first kappa shape index (κ1) is 12.0. The van der Waals surface area contributed by atoms with Crippen molar-refractivity contribution in [1.29, 1.82) is 5.26 Å². The smallest absolute Gasteiger partial charge is 0.101 e. The van der Waals surface area contributed by atoms with Crippen molar-refractivity contribution in [3.8, 4) is 11.8 Å². The molecule has 0 atom stereocenters. The number of aromatic nitrogens is 1. The van der Waals surface area contributed by atoms with Gasteiger partial charge in [-0.05, 0) is 46.6 Å². The Morgan fingerprint density at radius 3 is 2.63 bits per heavy atom. The largest absolute Gasteiger partial charge is 0.302 e. The van der Waals surface area contributed by atoms with Crippen LogP contribution in [0.2, 0.25) is 0 Å². The molecule has 19 heavy (non-hydrogen) atoms. The fourth-order valence-corrected chi connectivity index (χ4v) is 2.98. The Labute approximate surface area is 120 Å². The van der Waals surface area contributed by atoms with E-state index in [1.165, 1.54) is 5.56 Å². The third kappa shape index (κ3) is 1.85. The summed E-state index contributed by atoms with van der Waals surface area (Å²) in [5.41, 5.74) is 3.90. The summed E-state index contributed by atoms with van der Waals surface area (Å²) in [7, 11) is 0. The number of halogens is 1. The van der Waals surface area contributed by atoms with E-state index in [0.717, 1.165) is 21.2 Å². The first-order chi connectivity index (χ1) is 9.22. The lowest BCUT2D eigenvalue weighted by Crippen LogP contribution is -1.98. The molecule has 0 aliphatic heterocycles. The fraction of sp³-hybridized carbons (Fsp3) is 0.0625. The van der Waals surface area contributed by atoms with Crippen molar-refractivity contribution in [3.63, 3.8) is 0 Å². The lowest BCUT2D eigenvalue weighted by atomic mass is 10.1. The minimum atomic E-state index is 0.687. The van der Waals surface area contributed by atoms with E-state index in [9.17, 15) is 5.26 Å². The van der Waals surface area contributed by atoms with E-state index in [4.69, 9.17) is 0 Å². The van der Waals surface area contributed by atoms with Gasteiger partial charge in [0.05, 0.1) is 15.7 Å². The molecule has 92 valence electrons. The first-order valence-electron chi connectivity index (χ1n) is 5.98. The van der Waals surface area contributed by atoms with Gasteiger partial charge >= 0.3 is 0 Å².